The molecule has 2 heterocycles. The molecule has 0 radical (unpaired) electrons. The van der Waals surface area contributed by atoms with Gasteiger partial charge in [-0.1, -0.05) is 182 Å². The van der Waals surface area contributed by atoms with E-state index in [1.807, 2.05) is 0 Å². The van der Waals surface area contributed by atoms with Crippen LogP contribution in [0.3, 0.4) is 0 Å². The molecule has 60 heavy (non-hydrogen) atoms. The van der Waals surface area contributed by atoms with E-state index in [1.54, 1.807) is 0 Å². The zero-order valence-corrected chi connectivity index (χ0v) is 32.9. The Morgan fingerprint density at radius 1 is 0.283 bits per heavy atom. The normalized spacial score (nSPS) is 18.5. The summed E-state index contributed by atoms with van der Waals surface area (Å²) in [4.78, 5) is 0. The van der Waals surface area contributed by atoms with E-state index in [1.165, 1.54) is 87.6 Å². The number of para-hydroxylation sites is 2. The molecule has 2 aliphatic heterocycles. The number of rotatable bonds is 5. The van der Waals surface area contributed by atoms with Crippen molar-refractivity contribution < 1.29 is 0 Å². The Labute approximate surface area is 349 Å². The number of nitrogens with one attached hydrogen (secondary N) is 4. The molecule has 0 spiro atoms. The lowest BCUT2D eigenvalue weighted by atomic mass is 9.87. The standard InChI is InChI=1S/C56H42N4/c1-3-15-41-39(13-1)33-49(45-19-7-5-17-43(41)45)53-47-21-9-11-23-51(47)57-55(59-53)37-29-25-35(26-30-37)36-27-31-38(32-28-36)56-58-52-24-12-10-22-48(52)54(60-56)50-34-40-14-2-4-16-42(40)44-18-6-8-20-46(44)50/h1-34,53-60H. The lowest BCUT2D eigenvalue weighted by Gasteiger charge is -2.36. The number of hydrogen-bond donors (Lipinski definition) is 4. The van der Waals surface area contributed by atoms with E-state index < -0.39 is 0 Å². The van der Waals surface area contributed by atoms with E-state index in [0.717, 1.165) is 11.4 Å². The quantitative estimate of drug-likeness (QED) is 0.132. The first-order valence-corrected chi connectivity index (χ1v) is 21.0. The third kappa shape index (κ3) is 5.84. The molecule has 0 saturated heterocycles. The molecule has 4 unspecified atom stereocenters. The van der Waals surface area contributed by atoms with Crippen LogP contribution in [-0.2, 0) is 0 Å². The molecule has 2 aliphatic rings. The molecular formula is C56H42N4. The molecular weight excluding hydrogens is 729 g/mol. The van der Waals surface area contributed by atoms with Crippen molar-refractivity contribution in [1.82, 2.24) is 10.6 Å². The second-order valence-corrected chi connectivity index (χ2v) is 16.2. The van der Waals surface area contributed by atoms with Crippen LogP contribution in [0.15, 0.2) is 206 Å². The van der Waals surface area contributed by atoms with E-state index in [-0.39, 0.29) is 24.4 Å². The highest BCUT2D eigenvalue weighted by Gasteiger charge is 2.31. The van der Waals surface area contributed by atoms with Crippen LogP contribution in [0.5, 0.6) is 0 Å². The van der Waals surface area contributed by atoms with Crippen molar-refractivity contribution in [1.29, 1.82) is 0 Å². The maximum Gasteiger partial charge on any atom is 0.104 e. The largest absolute Gasteiger partial charge is 0.366 e. The minimum Gasteiger partial charge on any atom is -0.366 e. The van der Waals surface area contributed by atoms with Crippen LogP contribution in [0, 0.1) is 0 Å². The molecule has 10 aromatic carbocycles. The van der Waals surface area contributed by atoms with Crippen molar-refractivity contribution in [2.45, 2.75) is 24.4 Å². The van der Waals surface area contributed by atoms with Crippen LogP contribution in [0.4, 0.5) is 11.4 Å². The third-order valence-corrected chi connectivity index (χ3v) is 12.9. The van der Waals surface area contributed by atoms with Gasteiger partial charge in [0.1, 0.15) is 12.3 Å². The summed E-state index contributed by atoms with van der Waals surface area (Å²) in [6, 6.07) is 75.4. The van der Waals surface area contributed by atoms with Crippen LogP contribution >= 0.6 is 0 Å². The van der Waals surface area contributed by atoms with Crippen molar-refractivity contribution in [3.8, 4) is 11.1 Å². The predicted molar refractivity (Wildman–Crippen MR) is 250 cm³/mol. The molecule has 4 heteroatoms. The monoisotopic (exact) mass is 770 g/mol. The first-order chi connectivity index (χ1) is 29.7. The van der Waals surface area contributed by atoms with Crippen molar-refractivity contribution in [3.63, 3.8) is 0 Å². The van der Waals surface area contributed by atoms with Gasteiger partial charge in [-0.2, -0.15) is 0 Å². The molecule has 0 fully saturated rings. The molecule has 286 valence electrons. The summed E-state index contributed by atoms with van der Waals surface area (Å²) in [6.07, 6.45) is -0.129. The number of fused-ring (bicyclic) bond motifs is 8. The summed E-state index contributed by atoms with van der Waals surface area (Å²) in [5, 5.41) is 25.9. The Hall–Kier alpha value is -7.24. The Morgan fingerprint density at radius 2 is 0.633 bits per heavy atom. The fourth-order valence-electron chi connectivity index (χ4n) is 9.92. The van der Waals surface area contributed by atoms with Gasteiger partial charge in [-0.3, -0.25) is 10.6 Å². The zero-order valence-electron chi connectivity index (χ0n) is 32.9. The van der Waals surface area contributed by atoms with Crippen molar-refractivity contribution in [2.75, 3.05) is 10.6 Å². The highest BCUT2D eigenvalue weighted by Crippen LogP contribution is 2.43. The minimum atomic E-state index is -0.0643. The van der Waals surface area contributed by atoms with Gasteiger partial charge in [0.15, 0.2) is 0 Å². The average molecular weight is 771 g/mol. The second-order valence-electron chi connectivity index (χ2n) is 16.2. The van der Waals surface area contributed by atoms with Crippen LogP contribution in [-0.4, -0.2) is 0 Å². The molecule has 0 saturated carbocycles. The van der Waals surface area contributed by atoms with E-state index in [4.69, 9.17) is 0 Å². The van der Waals surface area contributed by atoms with E-state index in [2.05, 4.69) is 228 Å². The molecule has 0 bridgehead atoms. The average Bonchev–Trinajstić information content (AvgIpc) is 3.33. The molecule has 10 aromatic rings. The zero-order chi connectivity index (χ0) is 39.6. The van der Waals surface area contributed by atoms with Gasteiger partial charge in [-0.25, -0.2) is 0 Å². The SMILES string of the molecule is c1ccc2c(c1)NC(c1ccc(-c3ccc(C4Nc5ccccc5C(c5cc6ccccc6c6ccccc56)N4)cc3)cc1)NC2c1cc2ccccc2c2ccccc12. The van der Waals surface area contributed by atoms with Gasteiger partial charge in [-0.05, 0) is 112 Å². The number of benzene rings is 10. The Kier molecular flexibility index (Phi) is 8.25. The van der Waals surface area contributed by atoms with Crippen LogP contribution < -0.4 is 21.3 Å². The van der Waals surface area contributed by atoms with Gasteiger partial charge in [0, 0.05) is 11.4 Å². The smallest absolute Gasteiger partial charge is 0.104 e. The number of hydrogen-bond acceptors (Lipinski definition) is 4. The fourth-order valence-corrected chi connectivity index (χ4v) is 9.92. The lowest BCUT2D eigenvalue weighted by Crippen LogP contribution is -2.37. The Morgan fingerprint density at radius 3 is 1.07 bits per heavy atom. The second kappa shape index (κ2) is 14.2. The topological polar surface area (TPSA) is 48.1 Å². The first kappa shape index (κ1) is 34.8. The van der Waals surface area contributed by atoms with Gasteiger partial charge in [0.25, 0.3) is 0 Å². The summed E-state index contributed by atoms with van der Waals surface area (Å²) in [5.74, 6) is 0. The van der Waals surface area contributed by atoms with Crippen LogP contribution in [0.1, 0.15) is 57.8 Å². The summed E-state index contributed by atoms with van der Waals surface area (Å²) in [5.41, 5.74) is 12.2. The van der Waals surface area contributed by atoms with Crippen molar-refractivity contribution >= 4 is 54.5 Å². The van der Waals surface area contributed by atoms with E-state index in [9.17, 15) is 0 Å². The highest BCUT2D eigenvalue weighted by molar-refractivity contribution is 6.10. The molecule has 12 rings (SSSR count). The van der Waals surface area contributed by atoms with Crippen LogP contribution in [0.25, 0.3) is 54.2 Å². The van der Waals surface area contributed by atoms with Crippen molar-refractivity contribution in [2.24, 2.45) is 0 Å². The first-order valence-electron chi connectivity index (χ1n) is 21.0. The van der Waals surface area contributed by atoms with E-state index >= 15 is 0 Å². The van der Waals surface area contributed by atoms with Crippen molar-refractivity contribution in [3.05, 3.63) is 240 Å². The summed E-state index contributed by atoms with van der Waals surface area (Å²) >= 11 is 0. The Bertz CT molecular complexity index is 3020. The molecule has 4 nitrogen and oxygen atoms in total. The predicted octanol–water partition coefficient (Wildman–Crippen LogP) is 13.6. The van der Waals surface area contributed by atoms with Gasteiger partial charge in [0.05, 0.1) is 12.1 Å². The molecule has 0 aromatic heterocycles. The van der Waals surface area contributed by atoms with Gasteiger partial charge < -0.3 is 10.6 Å². The fraction of sp³-hybridized carbons (Fsp3) is 0.0714. The van der Waals surface area contributed by atoms with Crippen LogP contribution in [0.2, 0.25) is 0 Å². The third-order valence-electron chi connectivity index (χ3n) is 12.9. The van der Waals surface area contributed by atoms with Gasteiger partial charge >= 0.3 is 0 Å². The summed E-state index contributed by atoms with van der Waals surface area (Å²) in [6.45, 7) is 0. The minimum absolute atomic E-state index is 0.0164. The highest BCUT2D eigenvalue weighted by atomic mass is 15.2. The van der Waals surface area contributed by atoms with Gasteiger partial charge in [-0.15, -0.1) is 0 Å². The molecule has 0 aliphatic carbocycles. The van der Waals surface area contributed by atoms with Gasteiger partial charge in [0.2, 0.25) is 0 Å². The number of anilines is 2. The summed E-state index contributed by atoms with van der Waals surface area (Å²) < 4.78 is 0. The van der Waals surface area contributed by atoms with E-state index in [0.29, 0.717) is 0 Å². The molecule has 4 N–H and O–H groups in total. The maximum absolute atomic E-state index is 4.02. The molecule has 0 amide bonds. The summed E-state index contributed by atoms with van der Waals surface area (Å²) in [7, 11) is 0. The lowest BCUT2D eigenvalue weighted by molar-refractivity contribution is 0.508. The maximum atomic E-state index is 4.02. The Balaban J connectivity index is 0.837. The molecule has 4 atom stereocenters.